The summed E-state index contributed by atoms with van der Waals surface area (Å²) in [5, 5.41) is 16.8. The van der Waals surface area contributed by atoms with Crippen molar-refractivity contribution in [2.75, 3.05) is 39.8 Å². The molecule has 10 heteroatoms. The summed E-state index contributed by atoms with van der Waals surface area (Å²) in [6.07, 6.45) is 1.75. The lowest BCUT2D eigenvalue weighted by Crippen LogP contribution is -2.42. The first-order valence-electron chi connectivity index (χ1n) is 9.69. The Kier molecular flexibility index (Phi) is 10.9. The lowest BCUT2D eigenvalue weighted by Gasteiger charge is -2.20. The van der Waals surface area contributed by atoms with Crippen molar-refractivity contribution in [3.63, 3.8) is 0 Å². The second-order valence-electron chi connectivity index (χ2n) is 6.97. The van der Waals surface area contributed by atoms with Crippen molar-refractivity contribution in [1.29, 1.82) is 0 Å². The van der Waals surface area contributed by atoms with Gasteiger partial charge >= 0.3 is 6.03 Å². The van der Waals surface area contributed by atoms with Gasteiger partial charge in [0, 0.05) is 32.6 Å². The zero-order chi connectivity index (χ0) is 22.5. The number of urea groups is 1. The van der Waals surface area contributed by atoms with E-state index in [0.717, 1.165) is 49.5 Å². The number of hydrogen-bond donors (Lipinski definition) is 4. The van der Waals surface area contributed by atoms with Crippen LogP contribution in [0.4, 0.5) is 4.79 Å². The number of aromatic nitrogens is 2. The van der Waals surface area contributed by atoms with E-state index in [4.69, 9.17) is 19.8 Å². The monoisotopic (exact) mass is 421 g/mol. The number of imidazole rings is 1. The molecule has 4 N–H and O–H groups in total. The van der Waals surface area contributed by atoms with Crippen molar-refractivity contribution in [3.8, 4) is 0 Å². The molecule has 1 saturated heterocycles. The average molecular weight is 421 g/mol. The van der Waals surface area contributed by atoms with Gasteiger partial charge in [0.25, 0.3) is 12.9 Å². The number of carboxylic acid groups (broad SMARTS) is 2. The van der Waals surface area contributed by atoms with Gasteiger partial charge in [-0.1, -0.05) is 0 Å². The van der Waals surface area contributed by atoms with Crippen LogP contribution >= 0.6 is 0 Å². The lowest BCUT2D eigenvalue weighted by atomic mass is 10.1. The fourth-order valence-electron chi connectivity index (χ4n) is 3.09. The molecule has 2 amide bonds. The van der Waals surface area contributed by atoms with Gasteiger partial charge < -0.3 is 30.3 Å². The van der Waals surface area contributed by atoms with Crippen LogP contribution in [-0.4, -0.2) is 88.7 Å². The Hall–Kier alpha value is -3.14. The summed E-state index contributed by atoms with van der Waals surface area (Å²) in [5.41, 5.74) is 4.57. The lowest BCUT2D eigenvalue weighted by molar-refractivity contribution is -0.123. The first-order chi connectivity index (χ1) is 14.4. The van der Waals surface area contributed by atoms with Gasteiger partial charge in [0.15, 0.2) is 0 Å². The first kappa shape index (κ1) is 24.9. The summed E-state index contributed by atoms with van der Waals surface area (Å²) in [4.78, 5) is 41.2. The topological polar surface area (TPSA) is 139 Å². The van der Waals surface area contributed by atoms with Crippen molar-refractivity contribution >= 4 is 30.0 Å². The molecule has 0 saturated carbocycles. The van der Waals surface area contributed by atoms with E-state index in [2.05, 4.69) is 53.2 Å². The van der Waals surface area contributed by atoms with Crippen LogP contribution in [0.1, 0.15) is 23.4 Å². The predicted molar refractivity (Wildman–Crippen MR) is 114 cm³/mol. The normalized spacial score (nSPS) is 13.9. The Morgan fingerprint density at radius 1 is 1.13 bits per heavy atom. The van der Waals surface area contributed by atoms with Crippen LogP contribution in [-0.2, 0) is 16.0 Å². The second kappa shape index (κ2) is 13.2. The second-order valence-corrected chi connectivity index (χ2v) is 6.97. The molecule has 2 aromatic rings. The summed E-state index contributed by atoms with van der Waals surface area (Å²) in [6, 6.07) is 4.28. The number of carbonyl (C=O) groups is 3. The standard InChI is InChI=1S/C18H27N5O.2CH2O2/c1-13-11-15-16(12-14(13)2)21-17(20-15)5-6-19-18(24)23-8-4-7-22(3)9-10-23;2*2-1-3/h11-12H,4-10H2,1-3H3,(H,19,24)(H,20,21);2*1H,(H,2,3). The van der Waals surface area contributed by atoms with Crippen molar-refractivity contribution in [1.82, 2.24) is 25.1 Å². The number of nitrogens with one attached hydrogen (secondary N) is 2. The number of H-pyrrole nitrogens is 1. The van der Waals surface area contributed by atoms with Crippen LogP contribution in [0.2, 0.25) is 0 Å². The van der Waals surface area contributed by atoms with E-state index >= 15 is 0 Å². The number of benzene rings is 1. The summed E-state index contributed by atoms with van der Waals surface area (Å²) in [5.74, 6) is 0.922. The summed E-state index contributed by atoms with van der Waals surface area (Å²) >= 11 is 0. The number of fused-ring (bicyclic) bond motifs is 1. The first-order valence-corrected chi connectivity index (χ1v) is 9.69. The van der Waals surface area contributed by atoms with Gasteiger partial charge in [-0.05, 0) is 57.1 Å². The zero-order valence-electron chi connectivity index (χ0n) is 17.7. The number of likely N-dealkylation sites (N-methyl/N-ethyl adjacent to an activating group) is 1. The van der Waals surface area contributed by atoms with E-state index in [1.807, 2.05) is 4.90 Å². The van der Waals surface area contributed by atoms with Crippen molar-refractivity contribution in [2.24, 2.45) is 0 Å². The van der Waals surface area contributed by atoms with Crippen LogP contribution in [0.3, 0.4) is 0 Å². The van der Waals surface area contributed by atoms with Gasteiger partial charge in [0.1, 0.15) is 5.82 Å². The molecule has 166 valence electrons. The minimum absolute atomic E-state index is 0.0353. The van der Waals surface area contributed by atoms with Crippen LogP contribution < -0.4 is 5.32 Å². The largest absolute Gasteiger partial charge is 0.483 e. The van der Waals surface area contributed by atoms with Crippen molar-refractivity contribution in [2.45, 2.75) is 26.7 Å². The van der Waals surface area contributed by atoms with Crippen LogP contribution in [0.15, 0.2) is 12.1 Å². The highest BCUT2D eigenvalue weighted by atomic mass is 16.3. The fraction of sp³-hybridized carbons (Fsp3) is 0.500. The highest BCUT2D eigenvalue weighted by molar-refractivity contribution is 5.77. The number of aromatic amines is 1. The fourth-order valence-corrected chi connectivity index (χ4v) is 3.09. The maximum Gasteiger partial charge on any atom is 0.317 e. The molecule has 3 rings (SSSR count). The molecule has 1 fully saturated rings. The van der Waals surface area contributed by atoms with E-state index in [0.29, 0.717) is 13.0 Å². The quantitative estimate of drug-likeness (QED) is 0.550. The highest BCUT2D eigenvalue weighted by Gasteiger charge is 2.16. The zero-order valence-corrected chi connectivity index (χ0v) is 17.7. The smallest absolute Gasteiger partial charge is 0.317 e. The molecule has 1 aliphatic heterocycles. The van der Waals surface area contributed by atoms with Gasteiger partial charge in [-0.25, -0.2) is 9.78 Å². The number of rotatable bonds is 3. The molecule has 0 atom stereocenters. The molecule has 1 aliphatic rings. The predicted octanol–water partition coefficient (Wildman–Crippen LogP) is 1.47. The molecule has 0 aliphatic carbocycles. The number of amides is 2. The summed E-state index contributed by atoms with van der Waals surface area (Å²) < 4.78 is 0. The third-order valence-electron chi connectivity index (χ3n) is 4.79. The number of aryl methyl sites for hydroxylation is 2. The van der Waals surface area contributed by atoms with Gasteiger partial charge in [-0.2, -0.15) is 0 Å². The Morgan fingerprint density at radius 2 is 1.77 bits per heavy atom. The Morgan fingerprint density at radius 3 is 2.43 bits per heavy atom. The molecule has 0 radical (unpaired) electrons. The van der Waals surface area contributed by atoms with Crippen LogP contribution in [0, 0.1) is 13.8 Å². The third kappa shape index (κ3) is 8.08. The van der Waals surface area contributed by atoms with E-state index in [9.17, 15) is 4.79 Å². The van der Waals surface area contributed by atoms with Crippen LogP contribution in [0.5, 0.6) is 0 Å². The summed E-state index contributed by atoms with van der Waals surface area (Å²) in [6.45, 7) is 7.93. The molecular formula is C20H31N5O5. The van der Waals surface area contributed by atoms with Crippen molar-refractivity contribution < 1.29 is 24.6 Å². The van der Waals surface area contributed by atoms with Gasteiger partial charge in [0.2, 0.25) is 0 Å². The molecule has 1 aromatic heterocycles. The average Bonchev–Trinajstić information content (AvgIpc) is 2.93. The Bertz CT molecular complexity index is 778. The van der Waals surface area contributed by atoms with Gasteiger partial charge in [-0.3, -0.25) is 9.59 Å². The van der Waals surface area contributed by atoms with E-state index < -0.39 is 0 Å². The van der Waals surface area contributed by atoms with E-state index in [1.54, 1.807) is 0 Å². The molecule has 2 heterocycles. The van der Waals surface area contributed by atoms with E-state index in [1.165, 1.54) is 11.1 Å². The number of hydrogen-bond acceptors (Lipinski definition) is 5. The molecule has 0 bridgehead atoms. The Balaban J connectivity index is 0.000000672. The molecule has 0 unspecified atom stereocenters. The van der Waals surface area contributed by atoms with Crippen LogP contribution in [0.25, 0.3) is 11.0 Å². The molecule has 0 spiro atoms. The minimum atomic E-state index is -0.250. The highest BCUT2D eigenvalue weighted by Crippen LogP contribution is 2.17. The molecule has 10 nitrogen and oxygen atoms in total. The molecular weight excluding hydrogens is 390 g/mol. The molecule has 1 aromatic carbocycles. The van der Waals surface area contributed by atoms with E-state index in [-0.39, 0.29) is 19.0 Å². The Labute approximate surface area is 175 Å². The maximum absolute atomic E-state index is 12.3. The number of carbonyl (C=O) groups excluding carboxylic acids is 1. The van der Waals surface area contributed by atoms with Gasteiger partial charge in [0.05, 0.1) is 11.0 Å². The third-order valence-corrected chi connectivity index (χ3v) is 4.79. The minimum Gasteiger partial charge on any atom is -0.483 e. The van der Waals surface area contributed by atoms with Crippen molar-refractivity contribution in [3.05, 3.63) is 29.1 Å². The number of nitrogens with zero attached hydrogens (tertiary/aromatic N) is 3. The van der Waals surface area contributed by atoms with Gasteiger partial charge in [-0.15, -0.1) is 0 Å². The maximum atomic E-state index is 12.3. The summed E-state index contributed by atoms with van der Waals surface area (Å²) in [7, 11) is 2.10. The SMILES string of the molecule is Cc1cc2nc(CCNC(=O)N3CCCN(C)CC3)[nH]c2cc1C.O=CO.O=CO. The molecule has 30 heavy (non-hydrogen) atoms.